The van der Waals surface area contributed by atoms with Gasteiger partial charge in [-0.25, -0.2) is 4.79 Å². The normalized spacial score (nSPS) is 16.4. The van der Waals surface area contributed by atoms with Gasteiger partial charge >= 0.3 is 6.03 Å². The molecule has 6 heteroatoms. The molecule has 0 atom stereocenters. The molecule has 0 unspecified atom stereocenters. The van der Waals surface area contributed by atoms with Crippen LogP contribution in [0.15, 0.2) is 4.42 Å². The van der Waals surface area contributed by atoms with Gasteiger partial charge in [0, 0.05) is 24.9 Å². The van der Waals surface area contributed by atoms with E-state index in [0.29, 0.717) is 30.8 Å². The number of hydrogen-bond acceptors (Lipinski definition) is 4. The SMILES string of the molecule is CC(C)c1nnc(CCNC(=O)NC2CCCCC2)o1. The van der Waals surface area contributed by atoms with E-state index in [-0.39, 0.29) is 11.9 Å². The lowest BCUT2D eigenvalue weighted by Crippen LogP contribution is -2.43. The Hall–Kier alpha value is -1.59. The molecule has 1 saturated carbocycles. The molecule has 2 rings (SSSR count). The smallest absolute Gasteiger partial charge is 0.315 e. The van der Waals surface area contributed by atoms with Crippen LogP contribution in [0.1, 0.15) is 63.7 Å². The predicted octanol–water partition coefficient (Wildman–Crippen LogP) is 2.37. The Morgan fingerprint density at radius 1 is 1.30 bits per heavy atom. The zero-order valence-corrected chi connectivity index (χ0v) is 12.3. The zero-order valence-electron chi connectivity index (χ0n) is 12.3. The number of carbonyl (C=O) groups excluding carboxylic acids is 1. The molecule has 1 fully saturated rings. The first-order valence-electron chi connectivity index (χ1n) is 7.52. The third-order valence-electron chi connectivity index (χ3n) is 3.54. The van der Waals surface area contributed by atoms with Crippen molar-refractivity contribution in [2.75, 3.05) is 6.54 Å². The third kappa shape index (κ3) is 4.51. The van der Waals surface area contributed by atoms with Crippen molar-refractivity contribution in [1.29, 1.82) is 0 Å². The maximum atomic E-state index is 11.7. The van der Waals surface area contributed by atoms with Crippen LogP contribution in [-0.4, -0.2) is 28.8 Å². The summed E-state index contributed by atoms with van der Waals surface area (Å²) in [6.07, 6.45) is 6.46. The van der Waals surface area contributed by atoms with Gasteiger partial charge in [0.15, 0.2) is 0 Å². The highest BCUT2D eigenvalue weighted by Crippen LogP contribution is 2.17. The van der Waals surface area contributed by atoms with Crippen LogP contribution in [0.5, 0.6) is 0 Å². The molecule has 0 bridgehead atoms. The molecule has 1 aromatic rings. The van der Waals surface area contributed by atoms with Crippen LogP contribution in [0.4, 0.5) is 4.79 Å². The number of nitrogens with one attached hydrogen (secondary N) is 2. The lowest BCUT2D eigenvalue weighted by atomic mass is 9.96. The van der Waals surface area contributed by atoms with Crippen molar-refractivity contribution in [1.82, 2.24) is 20.8 Å². The van der Waals surface area contributed by atoms with Crippen molar-refractivity contribution in [2.45, 2.75) is 64.3 Å². The second-order valence-corrected chi connectivity index (χ2v) is 5.67. The van der Waals surface area contributed by atoms with E-state index in [1.54, 1.807) is 0 Å². The van der Waals surface area contributed by atoms with Crippen molar-refractivity contribution in [3.05, 3.63) is 11.8 Å². The fourth-order valence-corrected chi connectivity index (χ4v) is 2.37. The summed E-state index contributed by atoms with van der Waals surface area (Å²) >= 11 is 0. The van der Waals surface area contributed by atoms with Crippen molar-refractivity contribution >= 4 is 6.03 Å². The van der Waals surface area contributed by atoms with Crippen molar-refractivity contribution < 1.29 is 9.21 Å². The van der Waals surface area contributed by atoms with Gasteiger partial charge in [0.1, 0.15) is 0 Å². The van der Waals surface area contributed by atoms with Gasteiger partial charge in [0.2, 0.25) is 11.8 Å². The lowest BCUT2D eigenvalue weighted by molar-refractivity contribution is 0.232. The third-order valence-corrected chi connectivity index (χ3v) is 3.54. The Balaban J connectivity index is 1.65. The van der Waals surface area contributed by atoms with E-state index >= 15 is 0 Å². The molecule has 1 aliphatic rings. The van der Waals surface area contributed by atoms with E-state index in [9.17, 15) is 4.79 Å². The first kappa shape index (κ1) is 14.8. The highest BCUT2D eigenvalue weighted by Gasteiger charge is 2.15. The highest BCUT2D eigenvalue weighted by atomic mass is 16.4. The van der Waals surface area contributed by atoms with Gasteiger partial charge in [-0.15, -0.1) is 10.2 Å². The van der Waals surface area contributed by atoms with E-state index < -0.39 is 0 Å². The molecular weight excluding hydrogens is 256 g/mol. The maximum absolute atomic E-state index is 11.7. The summed E-state index contributed by atoms with van der Waals surface area (Å²) in [6, 6.07) is 0.236. The van der Waals surface area contributed by atoms with Crippen molar-refractivity contribution in [2.24, 2.45) is 0 Å². The molecule has 112 valence electrons. The molecule has 1 heterocycles. The quantitative estimate of drug-likeness (QED) is 0.867. The second-order valence-electron chi connectivity index (χ2n) is 5.67. The molecule has 1 aliphatic carbocycles. The Labute approximate surface area is 119 Å². The standard InChI is InChI=1S/C14H24N4O2/c1-10(2)13-18-17-12(20-13)8-9-15-14(19)16-11-6-4-3-5-7-11/h10-11H,3-9H2,1-2H3,(H2,15,16,19). The Kier molecular flexibility index (Phi) is 5.38. The predicted molar refractivity (Wildman–Crippen MR) is 75.5 cm³/mol. The van der Waals surface area contributed by atoms with Crippen LogP contribution in [-0.2, 0) is 6.42 Å². The summed E-state index contributed by atoms with van der Waals surface area (Å²) in [4.78, 5) is 11.7. The number of carbonyl (C=O) groups is 1. The molecular formula is C14H24N4O2. The number of nitrogens with zero attached hydrogens (tertiary/aromatic N) is 2. The van der Waals surface area contributed by atoms with Gasteiger partial charge in [0.05, 0.1) is 0 Å². The minimum absolute atomic E-state index is 0.0968. The van der Waals surface area contributed by atoms with Crippen LogP contribution < -0.4 is 10.6 Å². The topological polar surface area (TPSA) is 80.0 Å². The molecule has 0 spiro atoms. The van der Waals surface area contributed by atoms with E-state index in [4.69, 9.17) is 4.42 Å². The van der Waals surface area contributed by atoms with Crippen LogP contribution in [0.3, 0.4) is 0 Å². The molecule has 0 aromatic carbocycles. The van der Waals surface area contributed by atoms with Crippen LogP contribution in [0.25, 0.3) is 0 Å². The fraction of sp³-hybridized carbons (Fsp3) is 0.786. The highest BCUT2D eigenvalue weighted by molar-refractivity contribution is 5.74. The molecule has 0 radical (unpaired) electrons. The fourth-order valence-electron chi connectivity index (χ4n) is 2.37. The summed E-state index contributed by atoms with van der Waals surface area (Å²) in [7, 11) is 0. The molecule has 0 saturated heterocycles. The average molecular weight is 280 g/mol. The number of aromatic nitrogens is 2. The summed E-state index contributed by atoms with van der Waals surface area (Å²) in [5.74, 6) is 1.46. The molecule has 2 amide bonds. The molecule has 0 aliphatic heterocycles. The number of rotatable bonds is 5. The van der Waals surface area contributed by atoms with Crippen molar-refractivity contribution in [3.63, 3.8) is 0 Å². The van der Waals surface area contributed by atoms with Gasteiger partial charge in [0.25, 0.3) is 0 Å². The second kappa shape index (κ2) is 7.26. The number of amides is 2. The Morgan fingerprint density at radius 3 is 2.70 bits per heavy atom. The maximum Gasteiger partial charge on any atom is 0.315 e. The Bertz CT molecular complexity index is 425. The summed E-state index contributed by atoms with van der Waals surface area (Å²) in [5.41, 5.74) is 0. The van der Waals surface area contributed by atoms with E-state index in [1.807, 2.05) is 13.8 Å². The van der Waals surface area contributed by atoms with E-state index in [2.05, 4.69) is 20.8 Å². The van der Waals surface area contributed by atoms with Crippen LogP contribution in [0.2, 0.25) is 0 Å². The van der Waals surface area contributed by atoms with Gasteiger partial charge in [-0.05, 0) is 12.8 Å². The summed E-state index contributed by atoms with van der Waals surface area (Å²) in [6.45, 7) is 4.53. The van der Waals surface area contributed by atoms with Crippen LogP contribution >= 0.6 is 0 Å². The lowest BCUT2D eigenvalue weighted by Gasteiger charge is -2.22. The van der Waals surface area contributed by atoms with Gasteiger partial charge in [-0.1, -0.05) is 33.1 Å². The van der Waals surface area contributed by atoms with Crippen molar-refractivity contribution in [3.8, 4) is 0 Å². The number of urea groups is 1. The average Bonchev–Trinajstić information content (AvgIpc) is 2.89. The number of hydrogen-bond donors (Lipinski definition) is 2. The van der Waals surface area contributed by atoms with Gasteiger partial charge < -0.3 is 15.1 Å². The van der Waals surface area contributed by atoms with Crippen LogP contribution in [0, 0.1) is 0 Å². The first-order chi connectivity index (χ1) is 9.65. The molecule has 20 heavy (non-hydrogen) atoms. The Morgan fingerprint density at radius 2 is 2.05 bits per heavy atom. The monoisotopic (exact) mass is 280 g/mol. The molecule has 2 N–H and O–H groups in total. The molecule has 6 nitrogen and oxygen atoms in total. The van der Waals surface area contributed by atoms with E-state index in [1.165, 1.54) is 19.3 Å². The minimum atomic E-state index is -0.0968. The largest absolute Gasteiger partial charge is 0.425 e. The van der Waals surface area contributed by atoms with Gasteiger partial charge in [-0.2, -0.15) is 0 Å². The minimum Gasteiger partial charge on any atom is -0.425 e. The molecule has 1 aromatic heterocycles. The summed E-state index contributed by atoms with van der Waals surface area (Å²) < 4.78 is 5.48. The van der Waals surface area contributed by atoms with Gasteiger partial charge in [-0.3, -0.25) is 0 Å². The first-order valence-corrected chi connectivity index (χ1v) is 7.52. The van der Waals surface area contributed by atoms with E-state index in [0.717, 1.165) is 12.8 Å². The summed E-state index contributed by atoms with van der Waals surface area (Å²) in [5, 5.41) is 13.8. The zero-order chi connectivity index (χ0) is 14.4.